The van der Waals surface area contributed by atoms with Gasteiger partial charge in [0.1, 0.15) is 0 Å². The maximum Gasteiger partial charge on any atom is 0.317 e. The Morgan fingerprint density at radius 2 is 2.46 bits per heavy atom. The first-order valence-corrected chi connectivity index (χ1v) is 4.25. The molecule has 5 nitrogen and oxygen atoms in total. The molecule has 0 aromatic heterocycles. The van der Waals surface area contributed by atoms with Gasteiger partial charge in [-0.3, -0.25) is 4.79 Å². The second-order valence-corrected chi connectivity index (χ2v) is 3.12. The van der Waals surface area contributed by atoms with Crippen molar-refractivity contribution in [3.63, 3.8) is 0 Å². The SMILES string of the molecule is COC(=O)CCN1CC(C)NC1=O. The van der Waals surface area contributed by atoms with Gasteiger partial charge in [-0.1, -0.05) is 0 Å². The van der Waals surface area contributed by atoms with Crippen molar-refractivity contribution in [2.24, 2.45) is 0 Å². The Bertz CT molecular complexity index is 217. The number of rotatable bonds is 3. The number of nitrogens with zero attached hydrogens (tertiary/aromatic N) is 1. The van der Waals surface area contributed by atoms with Crippen LogP contribution in [-0.2, 0) is 9.53 Å². The lowest BCUT2D eigenvalue weighted by molar-refractivity contribution is -0.140. The van der Waals surface area contributed by atoms with Crippen LogP contribution >= 0.6 is 0 Å². The van der Waals surface area contributed by atoms with E-state index >= 15 is 0 Å². The van der Waals surface area contributed by atoms with Gasteiger partial charge >= 0.3 is 12.0 Å². The van der Waals surface area contributed by atoms with Crippen molar-refractivity contribution in [2.45, 2.75) is 19.4 Å². The van der Waals surface area contributed by atoms with Crippen LogP contribution in [0.2, 0.25) is 0 Å². The fourth-order valence-electron chi connectivity index (χ4n) is 1.28. The van der Waals surface area contributed by atoms with Crippen LogP contribution in [0, 0.1) is 0 Å². The first kappa shape index (κ1) is 9.83. The molecule has 0 aromatic rings. The topological polar surface area (TPSA) is 58.6 Å². The molecule has 1 fully saturated rings. The minimum Gasteiger partial charge on any atom is -0.469 e. The number of methoxy groups -OCH3 is 1. The van der Waals surface area contributed by atoms with Crippen LogP contribution in [0.5, 0.6) is 0 Å². The summed E-state index contributed by atoms with van der Waals surface area (Å²) < 4.78 is 4.47. The average Bonchev–Trinajstić information content (AvgIpc) is 2.41. The summed E-state index contributed by atoms with van der Waals surface area (Å²) in [6.45, 7) is 3.02. The van der Waals surface area contributed by atoms with Gasteiger partial charge in [0.15, 0.2) is 0 Å². The van der Waals surface area contributed by atoms with E-state index in [1.165, 1.54) is 7.11 Å². The second-order valence-electron chi connectivity index (χ2n) is 3.12. The monoisotopic (exact) mass is 186 g/mol. The molecule has 1 rings (SSSR count). The molecule has 0 bridgehead atoms. The summed E-state index contributed by atoms with van der Waals surface area (Å²) in [5.41, 5.74) is 0. The Morgan fingerprint density at radius 1 is 1.77 bits per heavy atom. The minimum atomic E-state index is -0.285. The molecular weight excluding hydrogens is 172 g/mol. The molecule has 0 radical (unpaired) electrons. The van der Waals surface area contributed by atoms with E-state index in [0.29, 0.717) is 13.1 Å². The van der Waals surface area contributed by atoms with E-state index in [9.17, 15) is 9.59 Å². The van der Waals surface area contributed by atoms with Crippen molar-refractivity contribution in [1.82, 2.24) is 10.2 Å². The number of ether oxygens (including phenoxy) is 1. The second kappa shape index (κ2) is 4.11. The third kappa shape index (κ3) is 2.61. The first-order valence-electron chi connectivity index (χ1n) is 4.25. The highest BCUT2D eigenvalue weighted by molar-refractivity contribution is 5.77. The Kier molecular flexibility index (Phi) is 3.11. The fraction of sp³-hybridized carbons (Fsp3) is 0.750. The first-order chi connectivity index (χ1) is 6.13. The van der Waals surface area contributed by atoms with E-state index in [-0.39, 0.29) is 24.5 Å². The maximum atomic E-state index is 11.1. The van der Waals surface area contributed by atoms with E-state index in [0.717, 1.165) is 0 Å². The van der Waals surface area contributed by atoms with Gasteiger partial charge in [-0.05, 0) is 6.92 Å². The quantitative estimate of drug-likeness (QED) is 0.629. The molecule has 0 spiro atoms. The molecule has 1 unspecified atom stereocenters. The van der Waals surface area contributed by atoms with Crippen LogP contribution in [0.25, 0.3) is 0 Å². The van der Waals surface area contributed by atoms with Crippen molar-refractivity contribution in [1.29, 1.82) is 0 Å². The molecule has 13 heavy (non-hydrogen) atoms. The number of esters is 1. The summed E-state index contributed by atoms with van der Waals surface area (Å²) in [6.07, 6.45) is 0.261. The van der Waals surface area contributed by atoms with Crippen LogP contribution in [-0.4, -0.2) is 43.1 Å². The molecule has 1 aliphatic rings. The van der Waals surface area contributed by atoms with E-state index in [4.69, 9.17) is 0 Å². The Hall–Kier alpha value is -1.26. The van der Waals surface area contributed by atoms with Crippen LogP contribution in [0.4, 0.5) is 4.79 Å². The molecule has 5 heteroatoms. The third-order valence-corrected chi connectivity index (χ3v) is 1.96. The molecule has 2 amide bonds. The number of urea groups is 1. The van der Waals surface area contributed by atoms with Crippen molar-refractivity contribution in [3.8, 4) is 0 Å². The Labute approximate surface area is 77.0 Å². The van der Waals surface area contributed by atoms with Crippen molar-refractivity contribution >= 4 is 12.0 Å². The number of carbonyl (C=O) groups is 2. The standard InChI is InChI=1S/C8H14N2O3/c1-6-5-10(8(12)9-6)4-3-7(11)13-2/h6H,3-5H2,1-2H3,(H,9,12). The van der Waals surface area contributed by atoms with Gasteiger partial charge in [0.2, 0.25) is 0 Å². The highest BCUT2D eigenvalue weighted by Gasteiger charge is 2.25. The molecule has 0 saturated carbocycles. The maximum absolute atomic E-state index is 11.1. The summed E-state index contributed by atoms with van der Waals surface area (Å²) in [7, 11) is 1.34. The third-order valence-electron chi connectivity index (χ3n) is 1.96. The Balaban J connectivity index is 2.29. The van der Waals surface area contributed by atoms with E-state index in [1.807, 2.05) is 6.92 Å². The molecule has 1 saturated heterocycles. The van der Waals surface area contributed by atoms with Crippen LogP contribution < -0.4 is 5.32 Å². The lowest BCUT2D eigenvalue weighted by Gasteiger charge is -2.12. The molecule has 0 aliphatic carbocycles. The van der Waals surface area contributed by atoms with Gasteiger partial charge < -0.3 is 15.0 Å². The van der Waals surface area contributed by atoms with Crippen molar-refractivity contribution < 1.29 is 14.3 Å². The van der Waals surface area contributed by atoms with Crippen LogP contribution in [0.1, 0.15) is 13.3 Å². The van der Waals surface area contributed by atoms with Gasteiger partial charge in [-0.2, -0.15) is 0 Å². The summed E-state index contributed by atoms with van der Waals surface area (Å²) in [5, 5.41) is 2.74. The van der Waals surface area contributed by atoms with E-state index in [2.05, 4.69) is 10.1 Å². The Morgan fingerprint density at radius 3 is 2.92 bits per heavy atom. The van der Waals surface area contributed by atoms with Gasteiger partial charge in [0.05, 0.1) is 13.5 Å². The zero-order valence-electron chi connectivity index (χ0n) is 7.87. The van der Waals surface area contributed by atoms with Gasteiger partial charge in [0.25, 0.3) is 0 Å². The van der Waals surface area contributed by atoms with Crippen molar-refractivity contribution in [2.75, 3.05) is 20.2 Å². The lowest BCUT2D eigenvalue weighted by Crippen LogP contribution is -2.30. The fourth-order valence-corrected chi connectivity index (χ4v) is 1.28. The molecule has 1 heterocycles. The predicted molar refractivity (Wildman–Crippen MR) is 46.2 cm³/mol. The highest BCUT2D eigenvalue weighted by atomic mass is 16.5. The molecule has 74 valence electrons. The lowest BCUT2D eigenvalue weighted by atomic mass is 10.3. The number of nitrogens with one attached hydrogen (secondary N) is 1. The largest absolute Gasteiger partial charge is 0.469 e. The summed E-state index contributed by atoms with van der Waals surface area (Å²) in [4.78, 5) is 23.5. The van der Waals surface area contributed by atoms with Crippen LogP contribution in [0.3, 0.4) is 0 Å². The summed E-state index contributed by atoms with van der Waals surface area (Å²) in [6, 6.07) is 0.0709. The van der Waals surface area contributed by atoms with Crippen LogP contribution in [0.15, 0.2) is 0 Å². The highest BCUT2D eigenvalue weighted by Crippen LogP contribution is 2.03. The molecule has 1 atom stereocenters. The zero-order valence-corrected chi connectivity index (χ0v) is 7.87. The summed E-state index contributed by atoms with van der Waals surface area (Å²) in [5.74, 6) is -0.285. The normalized spacial score (nSPS) is 21.5. The number of amides is 2. The average molecular weight is 186 g/mol. The van der Waals surface area contributed by atoms with Gasteiger partial charge in [0, 0.05) is 19.1 Å². The zero-order chi connectivity index (χ0) is 9.84. The summed E-state index contributed by atoms with van der Waals surface area (Å²) >= 11 is 0. The minimum absolute atomic E-state index is 0.101. The van der Waals surface area contributed by atoms with Crippen molar-refractivity contribution in [3.05, 3.63) is 0 Å². The smallest absolute Gasteiger partial charge is 0.317 e. The number of hydrogen-bond donors (Lipinski definition) is 1. The number of carbonyl (C=O) groups excluding carboxylic acids is 2. The van der Waals surface area contributed by atoms with E-state index in [1.54, 1.807) is 4.90 Å². The molecule has 0 aromatic carbocycles. The number of hydrogen-bond acceptors (Lipinski definition) is 3. The van der Waals surface area contributed by atoms with E-state index < -0.39 is 0 Å². The predicted octanol–water partition coefficient (Wildman–Crippen LogP) is -0.0368. The van der Waals surface area contributed by atoms with Gasteiger partial charge in [-0.25, -0.2) is 4.79 Å². The van der Waals surface area contributed by atoms with Gasteiger partial charge in [-0.15, -0.1) is 0 Å². The molecular formula is C8H14N2O3. The molecule has 1 aliphatic heterocycles. The molecule has 1 N–H and O–H groups in total.